The maximum atomic E-state index is 11.8. The molecular weight excluding hydrogens is 404 g/mol. The molecule has 0 aliphatic rings. The van der Waals surface area contributed by atoms with Crippen molar-refractivity contribution in [2.75, 3.05) is 19.7 Å². The van der Waals surface area contributed by atoms with Gasteiger partial charge in [0.15, 0.2) is 0 Å². The second-order valence-corrected chi connectivity index (χ2v) is 7.01. The van der Waals surface area contributed by atoms with E-state index in [9.17, 15) is 9.59 Å². The molecule has 0 fully saturated rings. The Bertz CT molecular complexity index is 741. The van der Waals surface area contributed by atoms with Gasteiger partial charge in [0, 0.05) is 33.4 Å². The van der Waals surface area contributed by atoms with E-state index >= 15 is 0 Å². The minimum atomic E-state index is -0.480. The summed E-state index contributed by atoms with van der Waals surface area (Å²) < 4.78 is 5.77. The van der Waals surface area contributed by atoms with Gasteiger partial charge in [0.25, 0.3) is 0 Å². The molecule has 7 heteroatoms. The van der Waals surface area contributed by atoms with E-state index in [2.05, 4.69) is 26.6 Å². The van der Waals surface area contributed by atoms with Crippen LogP contribution in [0.1, 0.15) is 11.8 Å². The van der Waals surface area contributed by atoms with E-state index in [4.69, 9.17) is 4.74 Å². The molecule has 0 spiro atoms. The molecule has 25 heavy (non-hydrogen) atoms. The first-order valence-corrected chi connectivity index (χ1v) is 9.41. The number of halogens is 1. The first kappa shape index (κ1) is 19.2. The van der Waals surface area contributed by atoms with E-state index in [1.165, 1.54) is 6.08 Å². The van der Waals surface area contributed by atoms with Crippen molar-refractivity contribution in [3.8, 4) is 10.4 Å². The van der Waals surface area contributed by atoms with E-state index in [0.717, 1.165) is 19.8 Å². The Balaban J connectivity index is 1.78. The van der Waals surface area contributed by atoms with E-state index in [1.54, 1.807) is 24.3 Å². The molecule has 0 radical (unpaired) electrons. The summed E-state index contributed by atoms with van der Waals surface area (Å²) in [5.74, 6) is -0.204. The lowest BCUT2D eigenvalue weighted by molar-refractivity contribution is -0.116. The topological polar surface area (TPSA) is 67.4 Å². The van der Waals surface area contributed by atoms with Crippen molar-refractivity contribution in [3.05, 3.63) is 51.8 Å². The second-order valence-electron chi connectivity index (χ2n) is 4.98. The first-order chi connectivity index (χ1) is 12.1. The molecule has 0 saturated carbocycles. The number of thiophene rings is 1. The Labute approximate surface area is 159 Å². The number of amides is 2. The summed E-state index contributed by atoms with van der Waals surface area (Å²) in [5.41, 5.74) is 1.14. The van der Waals surface area contributed by atoms with E-state index < -0.39 is 6.09 Å². The third-order valence-corrected chi connectivity index (χ3v) is 4.75. The number of carbonyl (C=O) groups excluding carboxylic acids is 2. The third kappa shape index (κ3) is 6.72. The number of alkyl carbamates (subject to hydrolysis) is 1. The molecule has 2 aromatic rings. The van der Waals surface area contributed by atoms with Gasteiger partial charge in [-0.2, -0.15) is 0 Å². The fraction of sp³-hybridized carbons (Fsp3) is 0.222. The van der Waals surface area contributed by atoms with Crippen LogP contribution in [0.5, 0.6) is 0 Å². The second kappa shape index (κ2) is 10.0. The highest BCUT2D eigenvalue weighted by atomic mass is 79.9. The molecule has 0 unspecified atom stereocenters. The Morgan fingerprint density at radius 1 is 1.12 bits per heavy atom. The molecule has 0 aliphatic carbocycles. The van der Waals surface area contributed by atoms with Crippen LogP contribution in [0.4, 0.5) is 4.79 Å². The average molecular weight is 423 g/mol. The predicted octanol–water partition coefficient (Wildman–Crippen LogP) is 4.05. The number of hydrogen-bond donors (Lipinski definition) is 2. The molecule has 1 aromatic heterocycles. The molecule has 1 aromatic carbocycles. The minimum absolute atomic E-state index is 0.204. The largest absolute Gasteiger partial charge is 0.450 e. The van der Waals surface area contributed by atoms with Crippen LogP contribution in [0, 0.1) is 0 Å². The zero-order chi connectivity index (χ0) is 18.1. The van der Waals surface area contributed by atoms with Crippen LogP contribution in [-0.4, -0.2) is 31.7 Å². The van der Waals surface area contributed by atoms with Crippen LogP contribution in [-0.2, 0) is 9.53 Å². The normalized spacial score (nSPS) is 10.6. The Morgan fingerprint density at radius 2 is 1.84 bits per heavy atom. The summed E-state index contributed by atoms with van der Waals surface area (Å²) in [6.07, 6.45) is 2.79. The van der Waals surface area contributed by atoms with Gasteiger partial charge in [-0.25, -0.2) is 4.79 Å². The number of ether oxygens (including phenoxy) is 1. The SMILES string of the molecule is CCOC(=O)NCCNC(=O)/C=C/c1ccc(-c2ccc(Br)cc2)s1. The molecular formula is C18H19BrN2O3S. The van der Waals surface area contributed by atoms with Gasteiger partial charge < -0.3 is 15.4 Å². The highest BCUT2D eigenvalue weighted by Crippen LogP contribution is 2.29. The van der Waals surface area contributed by atoms with Gasteiger partial charge in [-0.05, 0) is 42.8 Å². The lowest BCUT2D eigenvalue weighted by atomic mass is 10.2. The Kier molecular flexibility index (Phi) is 7.69. The average Bonchev–Trinajstić information content (AvgIpc) is 3.07. The number of nitrogens with one attached hydrogen (secondary N) is 2. The van der Waals surface area contributed by atoms with Crippen molar-refractivity contribution in [1.82, 2.24) is 10.6 Å². The smallest absolute Gasteiger partial charge is 0.407 e. The van der Waals surface area contributed by atoms with Gasteiger partial charge >= 0.3 is 6.09 Å². The highest BCUT2D eigenvalue weighted by Gasteiger charge is 2.02. The zero-order valence-corrected chi connectivity index (χ0v) is 16.2. The van der Waals surface area contributed by atoms with Crippen molar-refractivity contribution in [2.45, 2.75) is 6.92 Å². The zero-order valence-electron chi connectivity index (χ0n) is 13.8. The van der Waals surface area contributed by atoms with Gasteiger partial charge in [-0.1, -0.05) is 28.1 Å². The van der Waals surface area contributed by atoms with Crippen molar-refractivity contribution in [2.24, 2.45) is 0 Å². The highest BCUT2D eigenvalue weighted by molar-refractivity contribution is 9.10. The van der Waals surface area contributed by atoms with E-state index in [1.807, 2.05) is 36.4 Å². The molecule has 2 amide bonds. The predicted molar refractivity (Wildman–Crippen MR) is 105 cm³/mol. The molecule has 1 heterocycles. The van der Waals surface area contributed by atoms with Crippen LogP contribution >= 0.6 is 27.3 Å². The Morgan fingerprint density at radius 3 is 2.56 bits per heavy atom. The van der Waals surface area contributed by atoms with E-state index in [0.29, 0.717) is 19.7 Å². The lowest BCUT2D eigenvalue weighted by Crippen LogP contribution is -2.34. The molecule has 0 bridgehead atoms. The van der Waals surface area contributed by atoms with Crippen molar-refractivity contribution in [1.29, 1.82) is 0 Å². The maximum Gasteiger partial charge on any atom is 0.407 e. The van der Waals surface area contributed by atoms with E-state index in [-0.39, 0.29) is 5.91 Å². The number of benzene rings is 1. The van der Waals surface area contributed by atoms with Crippen LogP contribution in [0.3, 0.4) is 0 Å². The maximum absolute atomic E-state index is 11.8. The number of hydrogen-bond acceptors (Lipinski definition) is 4. The molecule has 0 aliphatic heterocycles. The van der Waals surface area contributed by atoms with Gasteiger partial charge in [0.1, 0.15) is 0 Å². The Hall–Kier alpha value is -2.12. The lowest BCUT2D eigenvalue weighted by Gasteiger charge is -2.05. The molecule has 2 N–H and O–H groups in total. The standard InChI is InChI=1S/C18H19BrN2O3S/c1-2-24-18(23)21-12-11-20-17(22)10-8-15-7-9-16(25-15)13-3-5-14(19)6-4-13/h3-10H,2,11-12H2,1H3,(H,20,22)(H,21,23)/b10-8+. The summed E-state index contributed by atoms with van der Waals surface area (Å²) >= 11 is 5.04. The van der Waals surface area contributed by atoms with Crippen molar-refractivity contribution in [3.63, 3.8) is 0 Å². The minimum Gasteiger partial charge on any atom is -0.450 e. The van der Waals surface area contributed by atoms with Gasteiger partial charge in [0.2, 0.25) is 5.91 Å². The molecule has 2 rings (SSSR count). The van der Waals surface area contributed by atoms with Crippen LogP contribution in [0.2, 0.25) is 0 Å². The third-order valence-electron chi connectivity index (χ3n) is 3.12. The summed E-state index contributed by atoms with van der Waals surface area (Å²) in [4.78, 5) is 25.0. The molecule has 132 valence electrons. The summed E-state index contributed by atoms with van der Waals surface area (Å²) in [6.45, 7) is 2.73. The summed E-state index contributed by atoms with van der Waals surface area (Å²) in [5, 5.41) is 5.24. The summed E-state index contributed by atoms with van der Waals surface area (Å²) in [7, 11) is 0. The quantitative estimate of drug-likeness (QED) is 0.522. The first-order valence-electron chi connectivity index (χ1n) is 7.81. The number of rotatable bonds is 7. The van der Waals surface area contributed by atoms with Gasteiger partial charge in [-0.3, -0.25) is 4.79 Å². The van der Waals surface area contributed by atoms with Crippen LogP contribution < -0.4 is 10.6 Å². The van der Waals surface area contributed by atoms with Crippen LogP contribution in [0.15, 0.2) is 46.9 Å². The van der Waals surface area contributed by atoms with Crippen molar-refractivity contribution < 1.29 is 14.3 Å². The van der Waals surface area contributed by atoms with Gasteiger partial charge in [0.05, 0.1) is 6.61 Å². The van der Waals surface area contributed by atoms with Crippen LogP contribution in [0.25, 0.3) is 16.5 Å². The number of carbonyl (C=O) groups is 2. The fourth-order valence-corrected chi connectivity index (χ4v) is 3.14. The van der Waals surface area contributed by atoms with Crippen molar-refractivity contribution >= 4 is 45.3 Å². The summed E-state index contributed by atoms with van der Waals surface area (Å²) in [6, 6.07) is 12.1. The fourth-order valence-electron chi connectivity index (χ4n) is 1.96. The monoisotopic (exact) mass is 422 g/mol. The molecule has 0 saturated heterocycles. The molecule has 5 nitrogen and oxygen atoms in total. The molecule has 0 atom stereocenters. The van der Waals surface area contributed by atoms with Gasteiger partial charge in [-0.15, -0.1) is 11.3 Å².